The van der Waals surface area contributed by atoms with Gasteiger partial charge in [0.05, 0.1) is 26.4 Å². The predicted octanol–water partition coefficient (Wildman–Crippen LogP) is 3.01. The Morgan fingerprint density at radius 2 is 1.66 bits per heavy atom. The molecule has 3 aliphatic heterocycles. The van der Waals surface area contributed by atoms with Gasteiger partial charge in [0.15, 0.2) is 0 Å². The number of pyridine rings is 1. The third-order valence-electron chi connectivity index (χ3n) is 7.10. The van der Waals surface area contributed by atoms with Gasteiger partial charge in [0, 0.05) is 67.0 Å². The van der Waals surface area contributed by atoms with Crippen LogP contribution in [0.1, 0.15) is 24.0 Å². The van der Waals surface area contributed by atoms with E-state index in [2.05, 4.69) is 25.4 Å². The summed E-state index contributed by atoms with van der Waals surface area (Å²) in [6.45, 7) is 7.32. The Hall–Kier alpha value is -4.02. The molecule has 0 bridgehead atoms. The van der Waals surface area contributed by atoms with Gasteiger partial charge in [-0.2, -0.15) is 9.97 Å². The van der Waals surface area contributed by atoms with Gasteiger partial charge in [0.1, 0.15) is 11.6 Å². The van der Waals surface area contributed by atoms with Crippen molar-refractivity contribution < 1.29 is 14.3 Å². The van der Waals surface area contributed by atoms with Gasteiger partial charge in [-0.25, -0.2) is 0 Å². The Kier molecular flexibility index (Phi) is 6.89. The first-order chi connectivity index (χ1) is 18.7. The molecule has 0 radical (unpaired) electrons. The van der Waals surface area contributed by atoms with Gasteiger partial charge < -0.3 is 29.9 Å². The fraction of sp³-hybridized carbons (Fsp3) is 0.357. The molecule has 3 aromatic rings. The van der Waals surface area contributed by atoms with Crippen molar-refractivity contribution >= 4 is 29.2 Å². The Morgan fingerprint density at radius 1 is 0.947 bits per heavy atom. The minimum Gasteiger partial charge on any atom is -0.378 e. The van der Waals surface area contributed by atoms with Gasteiger partial charge in [-0.15, -0.1) is 0 Å². The maximum atomic E-state index is 13.8. The summed E-state index contributed by atoms with van der Waals surface area (Å²) in [6, 6.07) is 13.4. The van der Waals surface area contributed by atoms with Gasteiger partial charge >= 0.3 is 0 Å². The van der Waals surface area contributed by atoms with Crippen molar-refractivity contribution in [2.45, 2.75) is 12.8 Å². The van der Waals surface area contributed by atoms with Gasteiger partial charge in [-0.05, 0) is 30.7 Å². The third kappa shape index (κ3) is 4.80. The van der Waals surface area contributed by atoms with Crippen molar-refractivity contribution in [3.8, 4) is 0 Å². The van der Waals surface area contributed by atoms with E-state index in [0.29, 0.717) is 56.9 Å². The lowest BCUT2D eigenvalue weighted by Gasteiger charge is -2.37. The zero-order valence-corrected chi connectivity index (χ0v) is 21.4. The summed E-state index contributed by atoms with van der Waals surface area (Å²) in [5, 5.41) is 6.55. The van der Waals surface area contributed by atoms with E-state index in [1.165, 1.54) is 0 Å². The van der Waals surface area contributed by atoms with Crippen molar-refractivity contribution in [3.63, 3.8) is 0 Å². The number of para-hydroxylation sites is 1. The fourth-order valence-electron chi connectivity index (χ4n) is 5.24. The monoisotopic (exact) mass is 513 g/mol. The van der Waals surface area contributed by atoms with Crippen LogP contribution in [0.5, 0.6) is 0 Å². The summed E-state index contributed by atoms with van der Waals surface area (Å²) >= 11 is 0. The number of hydrogen-bond donors (Lipinski definition) is 2. The number of nitrogens with zero attached hydrogens (tertiary/aromatic N) is 5. The summed E-state index contributed by atoms with van der Waals surface area (Å²) < 4.78 is 11.2. The summed E-state index contributed by atoms with van der Waals surface area (Å²) in [5.41, 5.74) is 3.89. The number of hydrogen-bond acceptors (Lipinski definition) is 9. The van der Waals surface area contributed by atoms with Crippen LogP contribution in [0, 0.1) is 0 Å². The molecule has 0 aliphatic carbocycles. The number of amides is 1. The smallest absolute Gasteiger partial charge is 0.254 e. The largest absolute Gasteiger partial charge is 0.378 e. The zero-order chi connectivity index (χ0) is 25.9. The summed E-state index contributed by atoms with van der Waals surface area (Å²) in [5.74, 6) is 1.62. The molecule has 10 nitrogen and oxygen atoms in total. The second-order valence-electron chi connectivity index (χ2n) is 9.51. The lowest BCUT2D eigenvalue weighted by atomic mass is 9.81. The first-order valence-electron chi connectivity index (χ1n) is 13.0. The average Bonchev–Trinajstić information content (AvgIpc) is 2.97. The van der Waals surface area contributed by atoms with Crippen molar-refractivity contribution in [1.29, 1.82) is 0 Å². The number of morpholine rings is 2. The van der Waals surface area contributed by atoms with E-state index in [1.54, 1.807) is 6.20 Å². The minimum absolute atomic E-state index is 0.175. The molecule has 1 unspecified atom stereocenters. The van der Waals surface area contributed by atoms with Crippen molar-refractivity contribution in [1.82, 2.24) is 15.0 Å². The number of rotatable bonds is 5. The number of fused-ring (bicyclic) bond motifs is 1. The van der Waals surface area contributed by atoms with Crippen LogP contribution in [-0.4, -0.2) is 73.5 Å². The summed E-state index contributed by atoms with van der Waals surface area (Å²) in [7, 11) is 0. The highest BCUT2D eigenvalue weighted by molar-refractivity contribution is 6.07. The van der Waals surface area contributed by atoms with Crippen LogP contribution in [0.3, 0.4) is 0 Å². The first-order valence-corrected chi connectivity index (χ1v) is 13.0. The molecule has 3 aliphatic rings. The number of ether oxygens (including phenoxy) is 2. The van der Waals surface area contributed by atoms with Crippen LogP contribution < -0.4 is 20.4 Å². The number of anilines is 4. The SMILES string of the molecule is CC1=C(C(=O)Nc2ccccc2)C(c2cccnc2)c2c(nc(N3CCOCC3)nc2N2CCOCC2)N1. The third-order valence-corrected chi connectivity index (χ3v) is 7.10. The Labute approximate surface area is 221 Å². The van der Waals surface area contributed by atoms with Crippen molar-refractivity contribution in [3.05, 3.63) is 77.3 Å². The van der Waals surface area contributed by atoms with Crippen LogP contribution in [-0.2, 0) is 14.3 Å². The van der Waals surface area contributed by atoms with Crippen LogP contribution in [0.2, 0.25) is 0 Å². The summed E-state index contributed by atoms with van der Waals surface area (Å²) in [6.07, 6.45) is 3.56. The topological polar surface area (TPSA) is 105 Å². The number of carbonyl (C=O) groups excluding carboxylic acids is 1. The number of aromatic nitrogens is 3. The Morgan fingerprint density at radius 3 is 2.34 bits per heavy atom. The zero-order valence-electron chi connectivity index (χ0n) is 21.4. The van der Waals surface area contributed by atoms with Crippen molar-refractivity contribution in [2.75, 3.05) is 73.0 Å². The van der Waals surface area contributed by atoms with Crippen molar-refractivity contribution in [2.24, 2.45) is 0 Å². The van der Waals surface area contributed by atoms with E-state index in [-0.39, 0.29) is 5.91 Å². The number of allylic oxidation sites excluding steroid dienone is 1. The highest BCUT2D eigenvalue weighted by atomic mass is 16.5. The molecular weight excluding hydrogens is 482 g/mol. The molecule has 196 valence electrons. The highest BCUT2D eigenvalue weighted by Crippen LogP contribution is 2.46. The molecule has 10 heteroatoms. The molecule has 2 N–H and O–H groups in total. The minimum atomic E-state index is -0.403. The van der Waals surface area contributed by atoms with Crippen LogP contribution in [0.15, 0.2) is 66.1 Å². The molecule has 2 saturated heterocycles. The molecule has 0 saturated carbocycles. The summed E-state index contributed by atoms with van der Waals surface area (Å²) in [4.78, 5) is 32.8. The van der Waals surface area contributed by atoms with E-state index >= 15 is 0 Å². The second-order valence-corrected chi connectivity index (χ2v) is 9.51. The van der Waals surface area contributed by atoms with E-state index in [1.807, 2.05) is 55.6 Å². The standard InChI is InChI=1S/C28H31N7O3/c1-19-22(27(36)31-21-7-3-2-4-8-21)23(20-6-5-9-29-18-20)24-25(30-19)32-28(35-12-16-38-17-13-35)33-26(24)34-10-14-37-15-11-34/h2-9,18,23H,10-17H2,1H3,(H,31,36)(H,30,32,33). The quantitative estimate of drug-likeness (QED) is 0.533. The van der Waals surface area contributed by atoms with E-state index < -0.39 is 5.92 Å². The predicted molar refractivity (Wildman–Crippen MR) is 146 cm³/mol. The number of carbonyl (C=O) groups is 1. The Balaban J connectivity index is 1.50. The van der Waals surface area contributed by atoms with E-state index in [4.69, 9.17) is 19.4 Å². The molecule has 5 heterocycles. The average molecular weight is 514 g/mol. The molecule has 6 rings (SSSR count). The second kappa shape index (κ2) is 10.8. The van der Waals surface area contributed by atoms with E-state index in [0.717, 1.165) is 41.4 Å². The first kappa shape index (κ1) is 24.3. The molecule has 1 atom stereocenters. The maximum Gasteiger partial charge on any atom is 0.254 e. The molecule has 2 fully saturated rings. The van der Waals surface area contributed by atoms with Crippen LogP contribution in [0.25, 0.3) is 0 Å². The Bertz CT molecular complexity index is 1320. The van der Waals surface area contributed by atoms with Gasteiger partial charge in [-0.1, -0.05) is 24.3 Å². The lowest BCUT2D eigenvalue weighted by molar-refractivity contribution is -0.113. The maximum absolute atomic E-state index is 13.8. The normalized spacial score (nSPS) is 19.6. The molecular formula is C28H31N7O3. The van der Waals surface area contributed by atoms with E-state index in [9.17, 15) is 4.79 Å². The molecule has 38 heavy (non-hydrogen) atoms. The van der Waals surface area contributed by atoms with Crippen LogP contribution >= 0.6 is 0 Å². The van der Waals surface area contributed by atoms with Crippen LogP contribution in [0.4, 0.5) is 23.3 Å². The number of nitrogens with one attached hydrogen (secondary N) is 2. The van der Waals surface area contributed by atoms with Gasteiger partial charge in [0.2, 0.25) is 5.95 Å². The lowest BCUT2D eigenvalue weighted by Crippen LogP contribution is -2.41. The number of benzene rings is 1. The molecule has 2 aromatic heterocycles. The molecule has 1 amide bonds. The van der Waals surface area contributed by atoms with Gasteiger partial charge in [-0.3, -0.25) is 9.78 Å². The molecule has 0 spiro atoms. The molecule has 1 aromatic carbocycles. The highest BCUT2D eigenvalue weighted by Gasteiger charge is 2.38. The fourth-order valence-corrected chi connectivity index (χ4v) is 5.24. The van der Waals surface area contributed by atoms with Gasteiger partial charge in [0.25, 0.3) is 5.91 Å².